The first kappa shape index (κ1) is 9.86. The van der Waals surface area contributed by atoms with Gasteiger partial charge in [0.1, 0.15) is 0 Å². The molecule has 0 spiro atoms. The monoisotopic (exact) mass is 172 g/mol. The smallest absolute Gasteiger partial charge is 0.0506 e. The molecule has 0 fully saturated rings. The molecule has 0 saturated heterocycles. The second-order valence-corrected chi connectivity index (χ2v) is 4.02. The summed E-state index contributed by atoms with van der Waals surface area (Å²) in [5.41, 5.74) is 3.72. The fourth-order valence-electron chi connectivity index (χ4n) is 1.51. The fraction of sp³-hybridized carbons (Fsp3) is 0.385. The maximum atomic E-state index is 5.51. The summed E-state index contributed by atoms with van der Waals surface area (Å²) < 4.78 is 0. The highest BCUT2D eigenvalue weighted by Crippen LogP contribution is 2.26. The van der Waals surface area contributed by atoms with E-state index in [-0.39, 0.29) is 5.41 Å². The van der Waals surface area contributed by atoms with Gasteiger partial charge in [-0.05, 0) is 44.4 Å². The van der Waals surface area contributed by atoms with Crippen LogP contribution < -0.4 is 0 Å². The van der Waals surface area contributed by atoms with Crippen LogP contribution in [0.2, 0.25) is 0 Å². The Kier molecular flexibility index (Phi) is 2.48. The van der Waals surface area contributed by atoms with Crippen molar-refractivity contribution in [3.63, 3.8) is 0 Å². The van der Waals surface area contributed by atoms with Crippen molar-refractivity contribution in [3.8, 4) is 12.3 Å². The summed E-state index contributed by atoms with van der Waals surface area (Å²) in [6, 6.07) is 6.30. The lowest BCUT2D eigenvalue weighted by Crippen LogP contribution is -2.15. The van der Waals surface area contributed by atoms with Crippen LogP contribution in [0.5, 0.6) is 0 Å². The third-order valence-corrected chi connectivity index (χ3v) is 2.64. The highest BCUT2D eigenvalue weighted by Gasteiger charge is 2.19. The zero-order valence-corrected chi connectivity index (χ0v) is 8.81. The molecule has 0 bridgehead atoms. The molecular formula is C13H16. The Balaban J connectivity index is 3.33. The fourth-order valence-corrected chi connectivity index (χ4v) is 1.51. The standard InChI is InChI=1S/C13H16/c1-6-13(4,5)12-9-7-8-10(2)11(12)3/h1,7-9H,2-5H3. The predicted octanol–water partition coefficient (Wildman–Crippen LogP) is 3.21. The van der Waals surface area contributed by atoms with Crippen molar-refractivity contribution in [2.75, 3.05) is 0 Å². The van der Waals surface area contributed by atoms with Crippen LogP contribution in [-0.4, -0.2) is 0 Å². The van der Waals surface area contributed by atoms with Crippen LogP contribution >= 0.6 is 0 Å². The number of rotatable bonds is 1. The van der Waals surface area contributed by atoms with E-state index < -0.39 is 0 Å². The lowest BCUT2D eigenvalue weighted by molar-refractivity contribution is 0.692. The highest BCUT2D eigenvalue weighted by molar-refractivity contribution is 5.41. The largest absolute Gasteiger partial charge is 0.119 e. The molecule has 1 aromatic carbocycles. The molecule has 0 nitrogen and oxygen atoms in total. The maximum Gasteiger partial charge on any atom is 0.0506 e. The van der Waals surface area contributed by atoms with E-state index in [1.165, 1.54) is 16.7 Å². The Morgan fingerprint density at radius 2 is 1.85 bits per heavy atom. The number of terminal acetylenes is 1. The molecule has 0 aliphatic carbocycles. The summed E-state index contributed by atoms with van der Waals surface area (Å²) in [6.07, 6.45) is 5.51. The van der Waals surface area contributed by atoms with Gasteiger partial charge in [0, 0.05) is 0 Å². The van der Waals surface area contributed by atoms with E-state index in [9.17, 15) is 0 Å². The van der Waals surface area contributed by atoms with Crippen molar-refractivity contribution in [3.05, 3.63) is 34.9 Å². The molecule has 0 aliphatic heterocycles. The van der Waals surface area contributed by atoms with Crippen molar-refractivity contribution in [2.45, 2.75) is 33.1 Å². The molecule has 0 atom stereocenters. The Labute approximate surface area is 81.0 Å². The van der Waals surface area contributed by atoms with Crippen LogP contribution in [0.15, 0.2) is 18.2 Å². The van der Waals surface area contributed by atoms with Crippen LogP contribution in [0, 0.1) is 26.2 Å². The summed E-state index contributed by atoms with van der Waals surface area (Å²) >= 11 is 0. The van der Waals surface area contributed by atoms with Gasteiger partial charge in [-0.15, -0.1) is 6.42 Å². The number of aryl methyl sites for hydroxylation is 1. The van der Waals surface area contributed by atoms with E-state index in [1.807, 2.05) is 0 Å². The minimum Gasteiger partial charge on any atom is -0.119 e. The molecule has 1 rings (SSSR count). The van der Waals surface area contributed by atoms with Gasteiger partial charge in [0.2, 0.25) is 0 Å². The minimum atomic E-state index is -0.157. The molecule has 0 aromatic heterocycles. The van der Waals surface area contributed by atoms with Gasteiger partial charge in [-0.1, -0.05) is 24.1 Å². The van der Waals surface area contributed by atoms with Gasteiger partial charge in [-0.3, -0.25) is 0 Å². The summed E-state index contributed by atoms with van der Waals surface area (Å²) in [6.45, 7) is 8.40. The Morgan fingerprint density at radius 3 is 2.38 bits per heavy atom. The van der Waals surface area contributed by atoms with Crippen LogP contribution in [0.4, 0.5) is 0 Å². The lowest BCUT2D eigenvalue weighted by Gasteiger charge is -2.21. The highest BCUT2D eigenvalue weighted by atomic mass is 14.2. The zero-order valence-electron chi connectivity index (χ0n) is 8.81. The SMILES string of the molecule is C#CC(C)(C)c1cccc(C)c1C. The van der Waals surface area contributed by atoms with Crippen molar-refractivity contribution in [1.82, 2.24) is 0 Å². The van der Waals surface area contributed by atoms with Crippen molar-refractivity contribution in [2.24, 2.45) is 0 Å². The lowest BCUT2D eigenvalue weighted by atomic mass is 9.82. The maximum absolute atomic E-state index is 5.51. The molecule has 13 heavy (non-hydrogen) atoms. The van der Waals surface area contributed by atoms with Gasteiger partial charge >= 0.3 is 0 Å². The molecule has 0 unspecified atom stereocenters. The average molecular weight is 172 g/mol. The number of hydrogen-bond acceptors (Lipinski definition) is 0. The van der Waals surface area contributed by atoms with Crippen molar-refractivity contribution >= 4 is 0 Å². The van der Waals surface area contributed by atoms with Crippen LogP contribution in [0.25, 0.3) is 0 Å². The third kappa shape index (κ3) is 1.75. The van der Waals surface area contributed by atoms with E-state index >= 15 is 0 Å². The summed E-state index contributed by atoms with van der Waals surface area (Å²) in [5.74, 6) is 2.83. The molecule has 0 heterocycles. The van der Waals surface area contributed by atoms with Crippen LogP contribution in [-0.2, 0) is 5.41 Å². The summed E-state index contributed by atoms with van der Waals surface area (Å²) in [7, 11) is 0. The molecule has 0 N–H and O–H groups in total. The van der Waals surface area contributed by atoms with Gasteiger partial charge in [0.25, 0.3) is 0 Å². The topological polar surface area (TPSA) is 0 Å². The van der Waals surface area contributed by atoms with Gasteiger partial charge in [-0.2, -0.15) is 0 Å². The molecule has 1 aromatic rings. The minimum absolute atomic E-state index is 0.157. The molecule has 0 saturated carbocycles. The van der Waals surface area contributed by atoms with Crippen LogP contribution in [0.3, 0.4) is 0 Å². The van der Waals surface area contributed by atoms with E-state index in [0.29, 0.717) is 0 Å². The zero-order chi connectivity index (χ0) is 10.1. The van der Waals surface area contributed by atoms with Gasteiger partial charge < -0.3 is 0 Å². The first-order valence-corrected chi connectivity index (χ1v) is 4.53. The second kappa shape index (κ2) is 3.26. The van der Waals surface area contributed by atoms with Gasteiger partial charge in [0.15, 0.2) is 0 Å². The first-order chi connectivity index (χ1) is 5.99. The van der Waals surface area contributed by atoms with Gasteiger partial charge in [0.05, 0.1) is 5.41 Å². The average Bonchev–Trinajstić information content (AvgIpc) is 2.09. The molecule has 0 radical (unpaired) electrons. The third-order valence-electron chi connectivity index (χ3n) is 2.64. The van der Waals surface area contributed by atoms with Crippen molar-refractivity contribution in [1.29, 1.82) is 0 Å². The summed E-state index contributed by atoms with van der Waals surface area (Å²) in [4.78, 5) is 0. The van der Waals surface area contributed by atoms with E-state index in [1.54, 1.807) is 0 Å². The molecular weight excluding hydrogens is 156 g/mol. The van der Waals surface area contributed by atoms with E-state index in [4.69, 9.17) is 6.42 Å². The van der Waals surface area contributed by atoms with Gasteiger partial charge in [-0.25, -0.2) is 0 Å². The first-order valence-electron chi connectivity index (χ1n) is 4.53. The summed E-state index contributed by atoms with van der Waals surface area (Å²) in [5, 5.41) is 0. The molecule has 0 heteroatoms. The molecule has 0 amide bonds. The second-order valence-electron chi connectivity index (χ2n) is 4.02. The quantitative estimate of drug-likeness (QED) is 0.571. The van der Waals surface area contributed by atoms with E-state index in [2.05, 4.69) is 51.8 Å². The predicted molar refractivity (Wildman–Crippen MR) is 57.8 cm³/mol. The number of benzene rings is 1. The van der Waals surface area contributed by atoms with E-state index in [0.717, 1.165) is 0 Å². The Morgan fingerprint density at radius 1 is 1.23 bits per heavy atom. The molecule has 0 aliphatic rings. The Bertz CT molecular complexity index is 351. The number of hydrogen-bond donors (Lipinski definition) is 0. The van der Waals surface area contributed by atoms with Crippen LogP contribution in [0.1, 0.15) is 30.5 Å². The van der Waals surface area contributed by atoms with Crippen molar-refractivity contribution < 1.29 is 0 Å². The molecule has 68 valence electrons. The Hall–Kier alpha value is -1.22. The normalized spacial score (nSPS) is 11.0.